The Morgan fingerprint density at radius 3 is 2.76 bits per heavy atom. The van der Waals surface area contributed by atoms with Crippen molar-refractivity contribution in [1.29, 1.82) is 0 Å². The van der Waals surface area contributed by atoms with Gasteiger partial charge in [-0.25, -0.2) is 4.79 Å². The van der Waals surface area contributed by atoms with Gasteiger partial charge in [-0.1, -0.05) is 18.2 Å². The second-order valence-electron chi connectivity index (χ2n) is 6.47. The Kier molecular flexibility index (Phi) is 6.63. The molecule has 0 radical (unpaired) electrons. The molecule has 0 atom stereocenters. The molecule has 29 heavy (non-hydrogen) atoms. The van der Waals surface area contributed by atoms with E-state index >= 15 is 0 Å². The molecule has 0 aromatic heterocycles. The standard InChI is InChI=1S/C22H22N2O5/c1-28-19-8-2-5-16(13-19)10-11-22(27)29-15-20(25)23-17-6-3-7-18(14-17)24-12-4-9-21(24)26/h2-3,5-8,10-11,13-14H,4,9,12,15H2,1H3,(H,23,25)/b11-10+. The van der Waals surface area contributed by atoms with E-state index in [1.54, 1.807) is 54.5 Å². The number of carbonyl (C=O) groups excluding carboxylic acids is 3. The molecule has 2 amide bonds. The summed E-state index contributed by atoms with van der Waals surface area (Å²) in [5.74, 6) is -0.333. The zero-order chi connectivity index (χ0) is 20.6. The van der Waals surface area contributed by atoms with E-state index in [2.05, 4.69) is 5.32 Å². The van der Waals surface area contributed by atoms with Gasteiger partial charge in [0.25, 0.3) is 5.91 Å². The number of ether oxygens (including phenoxy) is 2. The third-order valence-corrected chi connectivity index (χ3v) is 4.37. The quantitative estimate of drug-likeness (QED) is 0.576. The van der Waals surface area contributed by atoms with Crippen molar-refractivity contribution in [3.8, 4) is 5.75 Å². The van der Waals surface area contributed by atoms with Gasteiger partial charge in [0.1, 0.15) is 5.75 Å². The predicted octanol–water partition coefficient (Wildman–Crippen LogP) is 3.02. The number of methoxy groups -OCH3 is 1. The number of carbonyl (C=O) groups is 3. The van der Waals surface area contributed by atoms with Crippen molar-refractivity contribution in [3.05, 3.63) is 60.2 Å². The van der Waals surface area contributed by atoms with Crippen molar-refractivity contribution < 1.29 is 23.9 Å². The number of hydrogen-bond acceptors (Lipinski definition) is 5. The molecule has 0 aliphatic carbocycles. The summed E-state index contributed by atoms with van der Waals surface area (Å²) >= 11 is 0. The Labute approximate surface area is 168 Å². The minimum absolute atomic E-state index is 0.0743. The fourth-order valence-corrected chi connectivity index (χ4v) is 2.96. The molecule has 0 unspecified atom stereocenters. The number of nitrogens with one attached hydrogen (secondary N) is 1. The molecule has 2 aromatic carbocycles. The van der Waals surface area contributed by atoms with Gasteiger partial charge in [0.2, 0.25) is 5.91 Å². The first-order chi connectivity index (χ1) is 14.0. The topological polar surface area (TPSA) is 84.9 Å². The molecule has 1 aliphatic rings. The minimum atomic E-state index is -0.626. The first-order valence-corrected chi connectivity index (χ1v) is 9.24. The summed E-state index contributed by atoms with van der Waals surface area (Å²) in [6, 6.07) is 14.2. The molecule has 0 bridgehead atoms. The van der Waals surface area contributed by atoms with E-state index < -0.39 is 18.5 Å². The molecule has 7 heteroatoms. The Morgan fingerprint density at radius 2 is 2.00 bits per heavy atom. The normalized spacial score (nSPS) is 13.6. The zero-order valence-corrected chi connectivity index (χ0v) is 16.1. The SMILES string of the molecule is COc1cccc(/C=C/C(=O)OCC(=O)Nc2cccc(N3CCCC3=O)c2)c1. The first kappa shape index (κ1) is 20.1. The summed E-state index contributed by atoms with van der Waals surface area (Å²) in [6.07, 6.45) is 4.20. The highest BCUT2D eigenvalue weighted by Gasteiger charge is 2.21. The van der Waals surface area contributed by atoms with Gasteiger partial charge in [-0.15, -0.1) is 0 Å². The molecule has 1 fully saturated rings. The monoisotopic (exact) mass is 394 g/mol. The van der Waals surface area contributed by atoms with Crippen LogP contribution in [0.4, 0.5) is 11.4 Å². The zero-order valence-electron chi connectivity index (χ0n) is 16.1. The lowest BCUT2D eigenvalue weighted by molar-refractivity contribution is -0.142. The average molecular weight is 394 g/mol. The van der Waals surface area contributed by atoms with Crippen LogP contribution in [0.25, 0.3) is 6.08 Å². The van der Waals surface area contributed by atoms with Crippen LogP contribution in [0.1, 0.15) is 18.4 Å². The van der Waals surface area contributed by atoms with Crippen LogP contribution in [-0.4, -0.2) is 38.0 Å². The van der Waals surface area contributed by atoms with E-state index in [4.69, 9.17) is 9.47 Å². The lowest BCUT2D eigenvalue weighted by Gasteiger charge is -2.16. The molecule has 1 aliphatic heterocycles. The number of rotatable bonds is 7. The van der Waals surface area contributed by atoms with Crippen molar-refractivity contribution in [2.24, 2.45) is 0 Å². The van der Waals surface area contributed by atoms with Crippen LogP contribution in [0.2, 0.25) is 0 Å². The van der Waals surface area contributed by atoms with Crippen molar-refractivity contribution in [2.75, 3.05) is 30.5 Å². The maximum absolute atomic E-state index is 12.1. The molecule has 1 heterocycles. The van der Waals surface area contributed by atoms with E-state index in [1.807, 2.05) is 12.1 Å². The van der Waals surface area contributed by atoms with E-state index in [0.29, 0.717) is 24.4 Å². The largest absolute Gasteiger partial charge is 0.497 e. The van der Waals surface area contributed by atoms with Crippen LogP contribution in [0.5, 0.6) is 5.75 Å². The molecule has 7 nitrogen and oxygen atoms in total. The van der Waals surface area contributed by atoms with Crippen molar-refractivity contribution >= 4 is 35.2 Å². The second-order valence-corrected chi connectivity index (χ2v) is 6.47. The van der Waals surface area contributed by atoms with E-state index in [9.17, 15) is 14.4 Å². The van der Waals surface area contributed by atoms with Crippen LogP contribution in [0.15, 0.2) is 54.6 Å². The first-order valence-electron chi connectivity index (χ1n) is 9.24. The minimum Gasteiger partial charge on any atom is -0.497 e. The van der Waals surface area contributed by atoms with E-state index in [-0.39, 0.29) is 5.91 Å². The molecule has 2 aromatic rings. The third kappa shape index (κ3) is 5.68. The van der Waals surface area contributed by atoms with Gasteiger partial charge in [0, 0.05) is 30.4 Å². The summed E-state index contributed by atoms with van der Waals surface area (Å²) in [4.78, 5) is 37.4. The van der Waals surface area contributed by atoms with E-state index in [0.717, 1.165) is 17.7 Å². The van der Waals surface area contributed by atoms with Crippen LogP contribution in [0, 0.1) is 0 Å². The second kappa shape index (κ2) is 9.54. The lowest BCUT2D eigenvalue weighted by atomic mass is 10.2. The molecule has 3 rings (SSSR count). The number of nitrogens with zero attached hydrogens (tertiary/aromatic N) is 1. The Balaban J connectivity index is 1.50. The highest BCUT2D eigenvalue weighted by molar-refractivity contribution is 5.98. The van der Waals surface area contributed by atoms with E-state index in [1.165, 1.54) is 6.08 Å². The highest BCUT2D eigenvalue weighted by atomic mass is 16.5. The fourth-order valence-electron chi connectivity index (χ4n) is 2.96. The molecule has 0 spiro atoms. The number of hydrogen-bond donors (Lipinski definition) is 1. The Bertz CT molecular complexity index is 938. The van der Waals surface area contributed by atoms with Gasteiger partial charge >= 0.3 is 5.97 Å². The summed E-state index contributed by atoms with van der Waals surface area (Å²) in [5, 5.41) is 2.67. The van der Waals surface area contributed by atoms with Crippen LogP contribution in [0.3, 0.4) is 0 Å². The summed E-state index contributed by atoms with van der Waals surface area (Å²) < 4.78 is 10.1. The van der Waals surface area contributed by atoms with Gasteiger partial charge in [-0.05, 0) is 48.4 Å². The molecule has 1 saturated heterocycles. The predicted molar refractivity (Wildman–Crippen MR) is 110 cm³/mol. The van der Waals surface area contributed by atoms with Gasteiger partial charge in [0.15, 0.2) is 6.61 Å². The molecule has 150 valence electrons. The molecule has 1 N–H and O–H groups in total. The summed E-state index contributed by atoms with van der Waals surface area (Å²) in [7, 11) is 1.56. The van der Waals surface area contributed by atoms with Gasteiger partial charge in [-0.2, -0.15) is 0 Å². The third-order valence-electron chi connectivity index (χ3n) is 4.37. The smallest absolute Gasteiger partial charge is 0.331 e. The average Bonchev–Trinajstić information content (AvgIpc) is 3.17. The Hall–Kier alpha value is -3.61. The van der Waals surface area contributed by atoms with Gasteiger partial charge < -0.3 is 19.7 Å². The number of esters is 1. The maximum Gasteiger partial charge on any atom is 0.331 e. The van der Waals surface area contributed by atoms with Crippen molar-refractivity contribution in [2.45, 2.75) is 12.8 Å². The van der Waals surface area contributed by atoms with Gasteiger partial charge in [0.05, 0.1) is 7.11 Å². The van der Waals surface area contributed by atoms with Crippen LogP contribution >= 0.6 is 0 Å². The highest BCUT2D eigenvalue weighted by Crippen LogP contribution is 2.24. The van der Waals surface area contributed by atoms with Crippen LogP contribution in [-0.2, 0) is 19.1 Å². The van der Waals surface area contributed by atoms with Crippen LogP contribution < -0.4 is 15.0 Å². The summed E-state index contributed by atoms with van der Waals surface area (Å²) in [5.41, 5.74) is 2.05. The lowest BCUT2D eigenvalue weighted by Crippen LogP contribution is -2.24. The maximum atomic E-state index is 12.1. The Morgan fingerprint density at radius 1 is 1.17 bits per heavy atom. The van der Waals surface area contributed by atoms with Gasteiger partial charge in [-0.3, -0.25) is 9.59 Å². The summed E-state index contributed by atoms with van der Waals surface area (Å²) in [6.45, 7) is 0.266. The molecular formula is C22H22N2O5. The van der Waals surface area contributed by atoms with Crippen molar-refractivity contribution in [3.63, 3.8) is 0 Å². The molecule has 0 saturated carbocycles. The molecular weight excluding hydrogens is 372 g/mol. The number of amides is 2. The number of benzene rings is 2. The number of anilines is 2. The fraction of sp³-hybridized carbons (Fsp3) is 0.227. The van der Waals surface area contributed by atoms with Crippen molar-refractivity contribution in [1.82, 2.24) is 0 Å².